The lowest BCUT2D eigenvalue weighted by Crippen LogP contribution is -2.51. The highest BCUT2D eigenvalue weighted by Crippen LogP contribution is 1.96. The van der Waals surface area contributed by atoms with Crippen LogP contribution in [-0.4, -0.2) is 56.0 Å². The Bertz CT molecular complexity index is 420. The molecule has 1 aliphatic rings. The van der Waals surface area contributed by atoms with Crippen molar-refractivity contribution in [3.8, 4) is 0 Å². The van der Waals surface area contributed by atoms with E-state index in [2.05, 4.69) is 15.0 Å². The molecule has 0 aromatic rings. The van der Waals surface area contributed by atoms with Gasteiger partial charge in [-0.2, -0.15) is 0 Å². The van der Waals surface area contributed by atoms with Gasteiger partial charge in [-0.25, -0.2) is 13.4 Å². The first kappa shape index (κ1) is 14.7. The molecule has 0 saturated carbocycles. The fourth-order valence-corrected chi connectivity index (χ4v) is 2.56. The number of carboxylic acid groups (broad SMARTS) is 1. The molecule has 0 aliphatic carbocycles. The number of rotatable bonds is 6. The number of aliphatic imine (C=N–C) groups is 1. The summed E-state index contributed by atoms with van der Waals surface area (Å²) in [5.41, 5.74) is 0. The van der Waals surface area contributed by atoms with Gasteiger partial charge in [0.25, 0.3) is 0 Å². The normalized spacial score (nSPS) is 16.8. The standard InChI is InChI=1S/C9H18N4O4S/c1-2-3-4-18(16,17)12-9-10-6-13(7-11-9)5-8(14)15/h2-7H2,1H3,(H,14,15)(H2,10,11,12). The van der Waals surface area contributed by atoms with Gasteiger partial charge in [0, 0.05) is 0 Å². The third-order valence-corrected chi connectivity index (χ3v) is 3.61. The summed E-state index contributed by atoms with van der Waals surface area (Å²) in [4.78, 5) is 15.9. The van der Waals surface area contributed by atoms with Gasteiger partial charge in [-0.3, -0.25) is 14.4 Å². The molecule has 18 heavy (non-hydrogen) atoms. The Morgan fingerprint density at radius 3 is 2.83 bits per heavy atom. The van der Waals surface area contributed by atoms with Crippen molar-refractivity contribution < 1.29 is 18.3 Å². The molecule has 1 rings (SSSR count). The van der Waals surface area contributed by atoms with Crippen molar-refractivity contribution in [1.82, 2.24) is 14.9 Å². The van der Waals surface area contributed by atoms with Crippen molar-refractivity contribution >= 4 is 22.0 Å². The maximum absolute atomic E-state index is 11.6. The van der Waals surface area contributed by atoms with Crippen LogP contribution in [0.2, 0.25) is 0 Å². The molecule has 0 spiro atoms. The highest BCUT2D eigenvalue weighted by Gasteiger charge is 2.18. The Morgan fingerprint density at radius 2 is 2.33 bits per heavy atom. The van der Waals surface area contributed by atoms with Gasteiger partial charge in [-0.1, -0.05) is 13.3 Å². The molecule has 3 N–H and O–H groups in total. The number of hydrogen-bond acceptors (Lipinski definition) is 6. The fourth-order valence-electron chi connectivity index (χ4n) is 1.36. The maximum Gasteiger partial charge on any atom is 0.317 e. The van der Waals surface area contributed by atoms with Crippen molar-refractivity contribution in [2.75, 3.05) is 25.6 Å². The van der Waals surface area contributed by atoms with Crippen LogP contribution in [-0.2, 0) is 14.8 Å². The van der Waals surface area contributed by atoms with Crippen LogP contribution in [0, 0.1) is 0 Å². The van der Waals surface area contributed by atoms with Gasteiger partial charge in [0.1, 0.15) is 0 Å². The zero-order valence-electron chi connectivity index (χ0n) is 10.2. The number of carboxylic acids is 1. The smallest absolute Gasteiger partial charge is 0.317 e. The van der Waals surface area contributed by atoms with Crippen molar-refractivity contribution in [3.05, 3.63) is 0 Å². The van der Waals surface area contributed by atoms with E-state index in [1.807, 2.05) is 6.92 Å². The van der Waals surface area contributed by atoms with E-state index in [1.54, 1.807) is 0 Å². The van der Waals surface area contributed by atoms with Crippen LogP contribution in [0.25, 0.3) is 0 Å². The lowest BCUT2D eigenvalue weighted by atomic mass is 10.4. The van der Waals surface area contributed by atoms with E-state index >= 15 is 0 Å². The first-order valence-corrected chi connectivity index (χ1v) is 7.31. The number of nitrogens with one attached hydrogen (secondary N) is 2. The molecule has 0 unspecified atom stereocenters. The van der Waals surface area contributed by atoms with Crippen LogP contribution in [0.5, 0.6) is 0 Å². The van der Waals surface area contributed by atoms with E-state index < -0.39 is 16.0 Å². The molecule has 9 heteroatoms. The summed E-state index contributed by atoms with van der Waals surface area (Å²) in [6, 6.07) is 0. The van der Waals surface area contributed by atoms with Crippen LogP contribution >= 0.6 is 0 Å². The number of aliphatic carboxylic acids is 1. The summed E-state index contributed by atoms with van der Waals surface area (Å²) >= 11 is 0. The molecule has 1 aliphatic heterocycles. The molecule has 0 aromatic carbocycles. The van der Waals surface area contributed by atoms with E-state index in [4.69, 9.17) is 5.11 Å². The Balaban J connectivity index is 2.46. The van der Waals surface area contributed by atoms with E-state index in [0.717, 1.165) is 6.42 Å². The molecule has 1 heterocycles. The summed E-state index contributed by atoms with van der Waals surface area (Å²) in [6.07, 6.45) is 1.39. The second-order valence-electron chi connectivity index (χ2n) is 3.98. The average Bonchev–Trinajstić information content (AvgIpc) is 2.28. The molecule has 0 saturated heterocycles. The number of guanidine groups is 1. The van der Waals surface area contributed by atoms with Crippen molar-refractivity contribution in [3.63, 3.8) is 0 Å². The van der Waals surface area contributed by atoms with E-state index in [0.29, 0.717) is 6.42 Å². The molecular formula is C9H18N4O4S. The van der Waals surface area contributed by atoms with E-state index in [1.165, 1.54) is 4.90 Å². The zero-order chi connectivity index (χ0) is 13.6. The SMILES string of the molecule is CCCCS(=O)(=O)NC1=NCN(CC(=O)O)CN1. The lowest BCUT2D eigenvalue weighted by molar-refractivity contribution is -0.138. The Kier molecular flexibility index (Phi) is 5.35. The van der Waals surface area contributed by atoms with Gasteiger partial charge < -0.3 is 10.4 Å². The number of sulfonamides is 1. The first-order valence-electron chi connectivity index (χ1n) is 5.66. The fraction of sp³-hybridized carbons (Fsp3) is 0.778. The average molecular weight is 278 g/mol. The van der Waals surface area contributed by atoms with Crippen LogP contribution in [0.1, 0.15) is 19.8 Å². The number of carbonyl (C=O) groups is 1. The third-order valence-electron chi connectivity index (χ3n) is 2.28. The zero-order valence-corrected chi connectivity index (χ0v) is 11.0. The quantitative estimate of drug-likeness (QED) is 0.572. The molecule has 104 valence electrons. The second kappa shape index (κ2) is 6.55. The van der Waals surface area contributed by atoms with Crippen molar-refractivity contribution in [1.29, 1.82) is 0 Å². The molecule has 8 nitrogen and oxygen atoms in total. The van der Waals surface area contributed by atoms with Crippen LogP contribution < -0.4 is 10.0 Å². The van der Waals surface area contributed by atoms with Gasteiger partial charge in [0.15, 0.2) is 0 Å². The van der Waals surface area contributed by atoms with Gasteiger partial charge in [-0.05, 0) is 6.42 Å². The topological polar surface area (TPSA) is 111 Å². The largest absolute Gasteiger partial charge is 0.480 e. The summed E-state index contributed by atoms with van der Waals surface area (Å²) in [5, 5.41) is 11.3. The molecular weight excluding hydrogens is 260 g/mol. The van der Waals surface area contributed by atoms with Crippen LogP contribution in [0.3, 0.4) is 0 Å². The van der Waals surface area contributed by atoms with Crippen molar-refractivity contribution in [2.24, 2.45) is 4.99 Å². The van der Waals surface area contributed by atoms with E-state index in [-0.39, 0.29) is 31.6 Å². The Morgan fingerprint density at radius 1 is 1.61 bits per heavy atom. The Labute approximate surface area is 106 Å². The second-order valence-corrected chi connectivity index (χ2v) is 5.82. The van der Waals surface area contributed by atoms with Crippen molar-refractivity contribution in [2.45, 2.75) is 19.8 Å². The summed E-state index contributed by atoms with van der Waals surface area (Å²) < 4.78 is 25.5. The summed E-state index contributed by atoms with van der Waals surface area (Å²) in [7, 11) is -3.36. The maximum atomic E-state index is 11.6. The van der Waals surface area contributed by atoms with E-state index in [9.17, 15) is 13.2 Å². The summed E-state index contributed by atoms with van der Waals surface area (Å²) in [5.74, 6) is -0.713. The number of hydrogen-bond donors (Lipinski definition) is 3. The van der Waals surface area contributed by atoms with Crippen LogP contribution in [0.15, 0.2) is 4.99 Å². The predicted octanol–water partition coefficient (Wildman–Crippen LogP) is -1.03. The highest BCUT2D eigenvalue weighted by atomic mass is 32.2. The minimum absolute atomic E-state index is 0.0586. The minimum atomic E-state index is -3.36. The summed E-state index contributed by atoms with van der Waals surface area (Å²) in [6.45, 7) is 2.19. The highest BCUT2D eigenvalue weighted by molar-refractivity contribution is 7.90. The Hall–Kier alpha value is -1.35. The lowest BCUT2D eigenvalue weighted by Gasteiger charge is -2.25. The molecule has 0 amide bonds. The van der Waals surface area contributed by atoms with Gasteiger partial charge >= 0.3 is 5.97 Å². The van der Waals surface area contributed by atoms with Crippen LogP contribution in [0.4, 0.5) is 0 Å². The number of unbranched alkanes of at least 4 members (excludes halogenated alkanes) is 1. The predicted molar refractivity (Wildman–Crippen MR) is 66.5 cm³/mol. The monoisotopic (exact) mass is 278 g/mol. The van der Waals surface area contributed by atoms with Gasteiger partial charge in [-0.15, -0.1) is 0 Å². The molecule has 0 radical (unpaired) electrons. The molecule has 0 fully saturated rings. The van der Waals surface area contributed by atoms with Gasteiger partial charge in [0.05, 0.1) is 25.6 Å². The first-order chi connectivity index (χ1) is 8.43. The third kappa shape index (κ3) is 5.32. The molecule has 0 bridgehead atoms. The minimum Gasteiger partial charge on any atom is -0.480 e. The molecule has 0 aromatic heterocycles. The molecule has 0 atom stereocenters. The number of nitrogens with zero attached hydrogens (tertiary/aromatic N) is 2. The van der Waals surface area contributed by atoms with Gasteiger partial charge in [0.2, 0.25) is 16.0 Å².